The molecule has 124 valence electrons. The van der Waals surface area contributed by atoms with Gasteiger partial charge in [0.2, 0.25) is 10.0 Å². The Kier molecular flexibility index (Phi) is 4.18. The van der Waals surface area contributed by atoms with Gasteiger partial charge in [0.25, 0.3) is 0 Å². The maximum atomic E-state index is 13.1. The van der Waals surface area contributed by atoms with Crippen LogP contribution in [0.3, 0.4) is 0 Å². The van der Waals surface area contributed by atoms with Crippen LogP contribution in [-0.4, -0.2) is 23.3 Å². The summed E-state index contributed by atoms with van der Waals surface area (Å²) in [5, 5.41) is 18.7. The second-order valence-corrected chi connectivity index (χ2v) is 6.70. The number of sulfonamides is 1. The summed E-state index contributed by atoms with van der Waals surface area (Å²) in [6.07, 6.45) is 0. The van der Waals surface area contributed by atoms with Crippen molar-refractivity contribution in [2.45, 2.75) is 11.5 Å². The van der Waals surface area contributed by atoms with Crippen LogP contribution in [0.25, 0.3) is 16.9 Å². The summed E-state index contributed by atoms with van der Waals surface area (Å²) in [5.41, 5.74) is 2.37. The first-order valence-corrected chi connectivity index (χ1v) is 8.52. The number of primary sulfonamides is 1. The lowest BCUT2D eigenvalue weighted by Crippen LogP contribution is -2.12. The van der Waals surface area contributed by atoms with Gasteiger partial charge in [-0.3, -0.25) is 0 Å². The number of aromatic nitrogens is 2. The molecular weight excluding hydrogens is 333 g/mol. The van der Waals surface area contributed by atoms with E-state index in [4.69, 9.17) is 5.14 Å². The molecule has 0 bridgehead atoms. The maximum absolute atomic E-state index is 13.1. The third-order valence-electron chi connectivity index (χ3n) is 3.47. The standard InChI is InChI=1S/C16H14FN3O3S/c17-12-3-1-11(2-4-12)16-9-13(10-21)19-20(16)14-5-7-15(8-6-14)24(18,22)23/h1-9,21H,10H2,(H2,18,22,23). The van der Waals surface area contributed by atoms with Gasteiger partial charge in [-0.15, -0.1) is 0 Å². The summed E-state index contributed by atoms with van der Waals surface area (Å²) in [6, 6.07) is 13.4. The van der Waals surface area contributed by atoms with E-state index in [1.165, 1.54) is 24.3 Å². The van der Waals surface area contributed by atoms with Crippen LogP contribution >= 0.6 is 0 Å². The van der Waals surface area contributed by atoms with Crippen molar-refractivity contribution >= 4 is 10.0 Å². The minimum absolute atomic E-state index is 0.0101. The lowest BCUT2D eigenvalue weighted by molar-refractivity contribution is 0.276. The van der Waals surface area contributed by atoms with Crippen LogP contribution in [0.2, 0.25) is 0 Å². The molecule has 6 nitrogen and oxygen atoms in total. The van der Waals surface area contributed by atoms with Gasteiger partial charge < -0.3 is 5.11 Å². The molecule has 0 saturated heterocycles. The van der Waals surface area contributed by atoms with E-state index in [0.717, 1.165) is 0 Å². The van der Waals surface area contributed by atoms with E-state index < -0.39 is 10.0 Å². The fourth-order valence-corrected chi connectivity index (χ4v) is 2.82. The topological polar surface area (TPSA) is 98.2 Å². The maximum Gasteiger partial charge on any atom is 0.238 e. The van der Waals surface area contributed by atoms with Crippen LogP contribution in [0.4, 0.5) is 4.39 Å². The quantitative estimate of drug-likeness (QED) is 0.752. The minimum atomic E-state index is -3.78. The van der Waals surface area contributed by atoms with Crippen molar-refractivity contribution in [3.8, 4) is 16.9 Å². The summed E-state index contributed by atoms with van der Waals surface area (Å²) in [5.74, 6) is -0.357. The molecule has 0 aliphatic heterocycles. The SMILES string of the molecule is NS(=O)(=O)c1ccc(-n2nc(CO)cc2-c2ccc(F)cc2)cc1. The normalized spacial score (nSPS) is 11.6. The van der Waals surface area contributed by atoms with Crippen molar-refractivity contribution in [2.24, 2.45) is 5.14 Å². The van der Waals surface area contributed by atoms with Gasteiger partial charge in [0.1, 0.15) is 5.82 Å². The van der Waals surface area contributed by atoms with Crippen LogP contribution in [0.15, 0.2) is 59.5 Å². The van der Waals surface area contributed by atoms with Crippen molar-refractivity contribution in [3.05, 3.63) is 66.1 Å². The Morgan fingerprint density at radius 2 is 1.71 bits per heavy atom. The molecule has 24 heavy (non-hydrogen) atoms. The largest absolute Gasteiger partial charge is 0.390 e. The number of rotatable bonds is 4. The molecule has 2 aromatic carbocycles. The van der Waals surface area contributed by atoms with E-state index in [0.29, 0.717) is 22.6 Å². The Bertz CT molecular complexity index is 965. The van der Waals surface area contributed by atoms with Crippen molar-refractivity contribution in [3.63, 3.8) is 0 Å². The lowest BCUT2D eigenvalue weighted by atomic mass is 10.1. The Hall–Kier alpha value is -2.55. The molecule has 1 heterocycles. The van der Waals surface area contributed by atoms with Gasteiger partial charge in [0, 0.05) is 5.56 Å². The van der Waals surface area contributed by atoms with Crippen LogP contribution < -0.4 is 5.14 Å². The Labute approximate surface area is 138 Å². The molecule has 3 N–H and O–H groups in total. The smallest absolute Gasteiger partial charge is 0.238 e. The molecule has 0 fully saturated rings. The zero-order chi connectivity index (χ0) is 17.3. The molecule has 0 spiro atoms. The van der Waals surface area contributed by atoms with Crippen LogP contribution in [0.5, 0.6) is 0 Å². The van der Waals surface area contributed by atoms with Gasteiger partial charge in [-0.05, 0) is 54.6 Å². The van der Waals surface area contributed by atoms with Crippen molar-refractivity contribution < 1.29 is 17.9 Å². The number of halogens is 1. The van der Waals surface area contributed by atoms with E-state index in [9.17, 15) is 17.9 Å². The molecular formula is C16H14FN3O3S. The molecule has 8 heteroatoms. The molecule has 0 saturated carbocycles. The molecule has 0 radical (unpaired) electrons. The van der Waals surface area contributed by atoms with E-state index in [2.05, 4.69) is 5.10 Å². The van der Waals surface area contributed by atoms with Gasteiger partial charge in [0.05, 0.1) is 28.6 Å². The van der Waals surface area contributed by atoms with Crippen LogP contribution in [0, 0.1) is 5.82 Å². The molecule has 0 amide bonds. The summed E-state index contributed by atoms with van der Waals surface area (Å²) in [6.45, 7) is -0.254. The van der Waals surface area contributed by atoms with Gasteiger partial charge in [-0.2, -0.15) is 5.10 Å². The van der Waals surface area contributed by atoms with Crippen LogP contribution in [-0.2, 0) is 16.6 Å². The van der Waals surface area contributed by atoms with E-state index in [1.807, 2.05) is 0 Å². The lowest BCUT2D eigenvalue weighted by Gasteiger charge is -2.08. The number of hydrogen-bond donors (Lipinski definition) is 2. The van der Waals surface area contributed by atoms with E-state index in [-0.39, 0.29) is 17.3 Å². The van der Waals surface area contributed by atoms with Crippen molar-refractivity contribution in [1.82, 2.24) is 9.78 Å². The highest BCUT2D eigenvalue weighted by Crippen LogP contribution is 2.25. The Morgan fingerprint density at radius 1 is 1.08 bits per heavy atom. The zero-order valence-electron chi connectivity index (χ0n) is 12.4. The predicted molar refractivity (Wildman–Crippen MR) is 86.3 cm³/mol. The number of hydrogen-bond acceptors (Lipinski definition) is 4. The number of aliphatic hydroxyl groups is 1. The van der Waals surface area contributed by atoms with E-state index in [1.54, 1.807) is 35.0 Å². The predicted octanol–water partition coefficient (Wildman–Crippen LogP) is 1.82. The van der Waals surface area contributed by atoms with Gasteiger partial charge >= 0.3 is 0 Å². The fourth-order valence-electron chi connectivity index (χ4n) is 2.31. The first-order chi connectivity index (χ1) is 11.4. The molecule has 3 rings (SSSR count). The molecule has 0 atom stereocenters. The first kappa shape index (κ1) is 16.3. The van der Waals surface area contributed by atoms with E-state index >= 15 is 0 Å². The highest BCUT2D eigenvalue weighted by molar-refractivity contribution is 7.89. The summed E-state index contributed by atoms with van der Waals surface area (Å²) >= 11 is 0. The average Bonchev–Trinajstić information content (AvgIpc) is 2.99. The number of benzene rings is 2. The third kappa shape index (κ3) is 3.21. The highest BCUT2D eigenvalue weighted by atomic mass is 32.2. The number of nitrogens with two attached hydrogens (primary N) is 1. The second kappa shape index (κ2) is 6.16. The zero-order valence-corrected chi connectivity index (χ0v) is 13.2. The molecule has 0 aliphatic rings. The molecule has 3 aromatic rings. The number of nitrogens with zero attached hydrogens (tertiary/aromatic N) is 2. The summed E-state index contributed by atoms with van der Waals surface area (Å²) in [4.78, 5) is -0.0101. The Balaban J connectivity index is 2.10. The van der Waals surface area contributed by atoms with Gasteiger partial charge in [0.15, 0.2) is 0 Å². The second-order valence-electron chi connectivity index (χ2n) is 5.14. The molecule has 1 aromatic heterocycles. The number of aliphatic hydroxyl groups excluding tert-OH is 1. The summed E-state index contributed by atoms with van der Waals surface area (Å²) in [7, 11) is -3.78. The van der Waals surface area contributed by atoms with Crippen LogP contribution in [0.1, 0.15) is 5.69 Å². The van der Waals surface area contributed by atoms with Gasteiger partial charge in [-0.25, -0.2) is 22.6 Å². The highest BCUT2D eigenvalue weighted by Gasteiger charge is 2.13. The first-order valence-electron chi connectivity index (χ1n) is 6.97. The molecule has 0 unspecified atom stereocenters. The Morgan fingerprint density at radius 3 is 2.25 bits per heavy atom. The third-order valence-corrected chi connectivity index (χ3v) is 4.40. The van der Waals surface area contributed by atoms with Gasteiger partial charge in [-0.1, -0.05) is 0 Å². The summed E-state index contributed by atoms with van der Waals surface area (Å²) < 4.78 is 37.3. The average molecular weight is 347 g/mol. The molecule has 0 aliphatic carbocycles. The van der Waals surface area contributed by atoms with Crippen molar-refractivity contribution in [2.75, 3.05) is 0 Å². The monoisotopic (exact) mass is 347 g/mol. The minimum Gasteiger partial charge on any atom is -0.390 e. The van der Waals surface area contributed by atoms with Crippen molar-refractivity contribution in [1.29, 1.82) is 0 Å². The fraction of sp³-hybridized carbons (Fsp3) is 0.0625.